The van der Waals surface area contributed by atoms with Crippen LogP contribution in [0.4, 0.5) is 0 Å². The summed E-state index contributed by atoms with van der Waals surface area (Å²) >= 11 is 0. The highest BCUT2D eigenvalue weighted by molar-refractivity contribution is 7.89. The van der Waals surface area contributed by atoms with Crippen LogP contribution in [0.2, 0.25) is 0 Å². The number of amides is 1. The molecular formula is C16H24N2O5S. The number of carbonyl (C=O) groups is 1. The van der Waals surface area contributed by atoms with E-state index >= 15 is 0 Å². The first-order valence-corrected chi connectivity index (χ1v) is 9.51. The second-order valence-electron chi connectivity index (χ2n) is 5.99. The third kappa shape index (κ3) is 4.76. The number of carbonyl (C=O) groups excluding carboxylic acids is 1. The molecule has 0 radical (unpaired) electrons. The molecule has 8 heteroatoms. The minimum absolute atomic E-state index is 0.0448. The Bertz CT molecular complexity index is 650. The minimum atomic E-state index is -3.93. The summed E-state index contributed by atoms with van der Waals surface area (Å²) in [7, 11) is -3.93. The number of nitrogens with one attached hydrogen (secondary N) is 1. The summed E-state index contributed by atoms with van der Waals surface area (Å²) in [6.45, 7) is 4.01. The maximum absolute atomic E-state index is 12.6. The van der Waals surface area contributed by atoms with Crippen molar-refractivity contribution in [2.45, 2.75) is 50.2 Å². The lowest BCUT2D eigenvalue weighted by molar-refractivity contribution is -0.187. The number of benzene rings is 1. The lowest BCUT2D eigenvalue weighted by atomic mass is 10.2. The summed E-state index contributed by atoms with van der Waals surface area (Å²) in [4.78, 5) is 18.0. The molecule has 1 aliphatic rings. The molecule has 1 amide bonds. The highest BCUT2D eigenvalue weighted by Crippen LogP contribution is 2.14. The van der Waals surface area contributed by atoms with Crippen LogP contribution in [0.15, 0.2) is 29.2 Å². The van der Waals surface area contributed by atoms with Gasteiger partial charge in [-0.25, -0.2) is 13.5 Å². The maximum Gasteiger partial charge on any atom is 0.266 e. The third-order valence-electron chi connectivity index (χ3n) is 3.86. The Balaban J connectivity index is 2.17. The Hall–Kier alpha value is -1.48. The summed E-state index contributed by atoms with van der Waals surface area (Å²) in [5.41, 5.74) is 0.926. The van der Waals surface area contributed by atoms with Crippen molar-refractivity contribution < 1.29 is 23.2 Å². The average molecular weight is 356 g/mol. The van der Waals surface area contributed by atoms with Gasteiger partial charge in [0.05, 0.1) is 17.6 Å². The van der Waals surface area contributed by atoms with E-state index in [4.69, 9.17) is 4.84 Å². The van der Waals surface area contributed by atoms with Crippen LogP contribution in [0.5, 0.6) is 0 Å². The van der Waals surface area contributed by atoms with Crippen LogP contribution in [-0.4, -0.2) is 49.8 Å². The molecule has 1 heterocycles. The van der Waals surface area contributed by atoms with E-state index in [1.807, 2.05) is 6.92 Å². The van der Waals surface area contributed by atoms with E-state index in [-0.39, 0.29) is 4.90 Å². The number of aryl methyl sites for hydroxylation is 1. The van der Waals surface area contributed by atoms with E-state index in [0.717, 1.165) is 29.9 Å². The number of nitrogens with zero attached hydrogens (tertiary/aromatic N) is 1. The van der Waals surface area contributed by atoms with Crippen LogP contribution in [0.25, 0.3) is 0 Å². The molecule has 24 heavy (non-hydrogen) atoms. The minimum Gasteiger partial charge on any atom is -0.391 e. The monoisotopic (exact) mass is 356 g/mol. The van der Waals surface area contributed by atoms with Crippen molar-refractivity contribution in [1.82, 2.24) is 9.79 Å². The van der Waals surface area contributed by atoms with Gasteiger partial charge in [-0.15, -0.1) is 0 Å². The van der Waals surface area contributed by atoms with E-state index in [0.29, 0.717) is 13.2 Å². The first-order valence-electron chi connectivity index (χ1n) is 8.02. The molecule has 1 saturated heterocycles. The Morgan fingerprint density at radius 3 is 2.54 bits per heavy atom. The molecule has 1 fully saturated rings. The number of aliphatic hydroxyl groups excluding tert-OH is 1. The van der Waals surface area contributed by atoms with E-state index in [9.17, 15) is 18.3 Å². The average Bonchev–Trinajstić information content (AvgIpc) is 2.81. The molecule has 0 saturated carbocycles. The van der Waals surface area contributed by atoms with E-state index in [1.165, 1.54) is 19.1 Å². The molecule has 134 valence electrons. The summed E-state index contributed by atoms with van der Waals surface area (Å²) in [5, 5.41) is 11.1. The van der Waals surface area contributed by atoms with Gasteiger partial charge < -0.3 is 5.11 Å². The van der Waals surface area contributed by atoms with Crippen molar-refractivity contribution in [2.75, 3.05) is 13.2 Å². The number of sulfonamides is 1. The zero-order chi connectivity index (χ0) is 17.7. The predicted molar refractivity (Wildman–Crippen MR) is 88.5 cm³/mol. The van der Waals surface area contributed by atoms with Gasteiger partial charge in [0, 0.05) is 6.54 Å². The quantitative estimate of drug-likeness (QED) is 0.819. The molecule has 7 nitrogen and oxygen atoms in total. The van der Waals surface area contributed by atoms with E-state index in [1.54, 1.807) is 12.1 Å². The fourth-order valence-electron chi connectivity index (χ4n) is 2.41. The Kier molecular flexibility index (Phi) is 6.34. The SMILES string of the molecule is Cc1ccc(S(=O)(=O)NC(C(=O)N2CCCCCO2)C(C)O)cc1. The molecular weight excluding hydrogens is 332 g/mol. The third-order valence-corrected chi connectivity index (χ3v) is 5.32. The number of aliphatic hydroxyl groups is 1. The number of rotatable bonds is 5. The van der Waals surface area contributed by atoms with Gasteiger partial charge in [-0.3, -0.25) is 9.63 Å². The second kappa shape index (κ2) is 8.06. The van der Waals surface area contributed by atoms with Crippen LogP contribution in [-0.2, 0) is 19.7 Å². The Labute approximate surface area is 142 Å². The standard InChI is InChI=1S/C16H24N2O5S/c1-12-6-8-14(9-7-12)24(21,22)17-15(13(2)19)16(20)18-10-4-3-5-11-23-18/h6-9,13,15,17,19H,3-5,10-11H2,1-2H3. The van der Waals surface area contributed by atoms with Gasteiger partial charge in [-0.1, -0.05) is 17.7 Å². The highest BCUT2D eigenvalue weighted by Gasteiger charge is 2.33. The molecule has 1 aliphatic heterocycles. The van der Waals surface area contributed by atoms with Gasteiger partial charge in [0.25, 0.3) is 5.91 Å². The Morgan fingerprint density at radius 2 is 1.92 bits per heavy atom. The Morgan fingerprint density at radius 1 is 1.25 bits per heavy atom. The van der Waals surface area contributed by atoms with Gasteiger partial charge in [-0.2, -0.15) is 4.72 Å². The molecule has 0 aromatic heterocycles. The lowest BCUT2D eigenvalue weighted by Gasteiger charge is -2.27. The molecule has 2 atom stereocenters. The van der Waals surface area contributed by atoms with Crippen molar-refractivity contribution >= 4 is 15.9 Å². The predicted octanol–water partition coefficient (Wildman–Crippen LogP) is 0.967. The first kappa shape index (κ1) is 18.9. The molecule has 0 aliphatic carbocycles. The van der Waals surface area contributed by atoms with Crippen molar-refractivity contribution in [3.05, 3.63) is 29.8 Å². The van der Waals surface area contributed by atoms with Gasteiger partial charge in [0.2, 0.25) is 10.0 Å². The smallest absolute Gasteiger partial charge is 0.266 e. The number of hydrogen-bond donors (Lipinski definition) is 2. The number of hydroxylamine groups is 2. The lowest BCUT2D eigenvalue weighted by Crippen LogP contribution is -2.53. The second-order valence-corrected chi connectivity index (χ2v) is 7.70. The van der Waals surface area contributed by atoms with Crippen molar-refractivity contribution in [3.63, 3.8) is 0 Å². The maximum atomic E-state index is 12.6. The molecule has 2 N–H and O–H groups in total. The summed E-state index contributed by atoms with van der Waals surface area (Å²) in [6.07, 6.45) is 1.38. The zero-order valence-corrected chi connectivity index (χ0v) is 14.8. The van der Waals surface area contributed by atoms with E-state index < -0.39 is 28.1 Å². The first-order chi connectivity index (χ1) is 11.3. The van der Waals surface area contributed by atoms with E-state index in [2.05, 4.69) is 4.72 Å². The fraction of sp³-hybridized carbons (Fsp3) is 0.562. The normalized spacial score (nSPS) is 18.7. The van der Waals surface area contributed by atoms with Crippen molar-refractivity contribution in [3.8, 4) is 0 Å². The summed E-state index contributed by atoms with van der Waals surface area (Å²) in [5.74, 6) is -0.581. The summed E-state index contributed by atoms with van der Waals surface area (Å²) in [6, 6.07) is 4.97. The van der Waals surface area contributed by atoms with Gasteiger partial charge in [0.1, 0.15) is 6.04 Å². The molecule has 2 rings (SSSR count). The number of hydrogen-bond acceptors (Lipinski definition) is 5. The summed E-state index contributed by atoms with van der Waals surface area (Å²) < 4.78 is 27.3. The molecule has 0 spiro atoms. The largest absolute Gasteiger partial charge is 0.391 e. The van der Waals surface area contributed by atoms with Crippen molar-refractivity contribution in [1.29, 1.82) is 0 Å². The topological polar surface area (TPSA) is 95.9 Å². The molecule has 2 unspecified atom stereocenters. The highest BCUT2D eigenvalue weighted by atomic mass is 32.2. The van der Waals surface area contributed by atoms with Gasteiger partial charge in [0.15, 0.2) is 0 Å². The van der Waals surface area contributed by atoms with Gasteiger partial charge in [-0.05, 0) is 45.2 Å². The van der Waals surface area contributed by atoms with Crippen LogP contribution >= 0.6 is 0 Å². The molecule has 0 bridgehead atoms. The van der Waals surface area contributed by atoms with Crippen LogP contribution < -0.4 is 4.72 Å². The van der Waals surface area contributed by atoms with Crippen LogP contribution in [0, 0.1) is 6.92 Å². The van der Waals surface area contributed by atoms with Gasteiger partial charge >= 0.3 is 0 Å². The molecule has 1 aromatic rings. The van der Waals surface area contributed by atoms with Crippen molar-refractivity contribution in [2.24, 2.45) is 0 Å². The van der Waals surface area contributed by atoms with Crippen LogP contribution in [0.3, 0.4) is 0 Å². The van der Waals surface area contributed by atoms with Crippen LogP contribution in [0.1, 0.15) is 31.7 Å². The molecule has 1 aromatic carbocycles. The zero-order valence-electron chi connectivity index (χ0n) is 13.9. The fourth-order valence-corrected chi connectivity index (χ4v) is 3.67.